The lowest BCUT2D eigenvalue weighted by Gasteiger charge is -2.16. The molecule has 1 N–H and O–H groups in total. The number of nitrogens with one attached hydrogen (secondary N) is 1. The van der Waals surface area contributed by atoms with Crippen molar-refractivity contribution in [3.63, 3.8) is 0 Å². The van der Waals surface area contributed by atoms with Gasteiger partial charge in [0, 0.05) is 18.2 Å². The second kappa shape index (κ2) is 8.81. The summed E-state index contributed by atoms with van der Waals surface area (Å²) in [6.07, 6.45) is 3.50. The van der Waals surface area contributed by atoms with Crippen LogP contribution >= 0.6 is 0 Å². The standard InChI is InChI=1S/C16H27NO2/c1-5-6-7-11-19-16-14(12-17-13(2)3)9-8-10-15(16)18-4/h8-10,13,17H,5-7,11-12H2,1-4H3. The summed E-state index contributed by atoms with van der Waals surface area (Å²) in [7, 11) is 1.69. The van der Waals surface area contributed by atoms with E-state index in [0.717, 1.165) is 36.6 Å². The number of methoxy groups -OCH3 is 1. The summed E-state index contributed by atoms with van der Waals surface area (Å²) in [5.74, 6) is 1.70. The van der Waals surface area contributed by atoms with Crippen LogP contribution in [0.15, 0.2) is 18.2 Å². The molecular formula is C16H27NO2. The minimum Gasteiger partial charge on any atom is -0.493 e. The first kappa shape index (κ1) is 15.8. The fraction of sp³-hybridized carbons (Fsp3) is 0.625. The van der Waals surface area contributed by atoms with Crippen molar-refractivity contribution in [1.29, 1.82) is 0 Å². The molecule has 0 aliphatic heterocycles. The number of para-hydroxylation sites is 1. The van der Waals surface area contributed by atoms with Gasteiger partial charge in [-0.2, -0.15) is 0 Å². The van der Waals surface area contributed by atoms with E-state index in [0.29, 0.717) is 6.04 Å². The monoisotopic (exact) mass is 265 g/mol. The van der Waals surface area contributed by atoms with E-state index in [4.69, 9.17) is 9.47 Å². The highest BCUT2D eigenvalue weighted by molar-refractivity contribution is 5.46. The molecule has 19 heavy (non-hydrogen) atoms. The average Bonchev–Trinajstić information content (AvgIpc) is 2.41. The first-order valence-corrected chi connectivity index (χ1v) is 7.21. The van der Waals surface area contributed by atoms with Crippen LogP contribution in [-0.4, -0.2) is 19.8 Å². The van der Waals surface area contributed by atoms with Crippen molar-refractivity contribution >= 4 is 0 Å². The van der Waals surface area contributed by atoms with Crippen LogP contribution in [0.3, 0.4) is 0 Å². The molecule has 0 radical (unpaired) electrons. The fourth-order valence-corrected chi connectivity index (χ4v) is 1.87. The zero-order valence-electron chi connectivity index (χ0n) is 12.7. The lowest BCUT2D eigenvalue weighted by molar-refractivity contribution is 0.282. The third-order valence-corrected chi connectivity index (χ3v) is 2.98. The molecule has 0 aromatic heterocycles. The van der Waals surface area contributed by atoms with E-state index in [-0.39, 0.29) is 0 Å². The molecule has 1 aromatic carbocycles. The maximum Gasteiger partial charge on any atom is 0.165 e. The Balaban J connectivity index is 2.71. The van der Waals surface area contributed by atoms with Gasteiger partial charge in [0.15, 0.2) is 11.5 Å². The van der Waals surface area contributed by atoms with Crippen LogP contribution in [0.25, 0.3) is 0 Å². The van der Waals surface area contributed by atoms with E-state index in [1.54, 1.807) is 7.11 Å². The molecule has 0 saturated heterocycles. The Bertz CT molecular complexity index is 364. The SMILES string of the molecule is CCCCCOc1c(CNC(C)C)cccc1OC. The molecule has 0 heterocycles. The van der Waals surface area contributed by atoms with Gasteiger partial charge in [-0.25, -0.2) is 0 Å². The molecule has 0 atom stereocenters. The van der Waals surface area contributed by atoms with E-state index in [9.17, 15) is 0 Å². The van der Waals surface area contributed by atoms with Crippen LogP contribution in [0.1, 0.15) is 45.6 Å². The van der Waals surface area contributed by atoms with Crippen molar-refractivity contribution in [2.45, 2.75) is 52.6 Å². The molecule has 0 spiro atoms. The Kier molecular flexibility index (Phi) is 7.34. The van der Waals surface area contributed by atoms with Gasteiger partial charge in [0.1, 0.15) is 0 Å². The zero-order valence-corrected chi connectivity index (χ0v) is 12.7. The van der Waals surface area contributed by atoms with E-state index in [1.807, 2.05) is 12.1 Å². The van der Waals surface area contributed by atoms with E-state index < -0.39 is 0 Å². The number of hydrogen-bond acceptors (Lipinski definition) is 3. The maximum absolute atomic E-state index is 5.93. The van der Waals surface area contributed by atoms with Gasteiger partial charge in [-0.15, -0.1) is 0 Å². The topological polar surface area (TPSA) is 30.5 Å². The molecule has 0 unspecified atom stereocenters. The van der Waals surface area contributed by atoms with Crippen molar-refractivity contribution in [1.82, 2.24) is 5.32 Å². The van der Waals surface area contributed by atoms with Crippen molar-refractivity contribution in [3.05, 3.63) is 23.8 Å². The highest BCUT2D eigenvalue weighted by atomic mass is 16.5. The highest BCUT2D eigenvalue weighted by Crippen LogP contribution is 2.31. The second-order valence-corrected chi connectivity index (χ2v) is 5.04. The van der Waals surface area contributed by atoms with Crippen LogP contribution in [-0.2, 0) is 6.54 Å². The van der Waals surface area contributed by atoms with Gasteiger partial charge in [-0.3, -0.25) is 0 Å². The Morgan fingerprint density at radius 2 is 2.00 bits per heavy atom. The van der Waals surface area contributed by atoms with Crippen LogP contribution in [0.5, 0.6) is 11.5 Å². The zero-order chi connectivity index (χ0) is 14.1. The van der Waals surface area contributed by atoms with Crippen LogP contribution < -0.4 is 14.8 Å². The van der Waals surface area contributed by atoms with Crippen molar-refractivity contribution < 1.29 is 9.47 Å². The summed E-state index contributed by atoms with van der Waals surface area (Å²) < 4.78 is 11.3. The number of rotatable bonds is 9. The molecule has 0 aliphatic rings. The molecule has 1 aromatic rings. The normalized spacial score (nSPS) is 10.8. The molecule has 1 rings (SSSR count). The summed E-state index contributed by atoms with van der Waals surface area (Å²) in [5, 5.41) is 3.42. The smallest absolute Gasteiger partial charge is 0.165 e. The predicted molar refractivity (Wildman–Crippen MR) is 80.0 cm³/mol. The fourth-order valence-electron chi connectivity index (χ4n) is 1.87. The minimum absolute atomic E-state index is 0.458. The number of ether oxygens (including phenoxy) is 2. The first-order chi connectivity index (χ1) is 9.19. The maximum atomic E-state index is 5.93. The molecule has 0 fully saturated rings. The molecule has 3 nitrogen and oxygen atoms in total. The van der Waals surface area contributed by atoms with Gasteiger partial charge in [-0.1, -0.05) is 45.7 Å². The summed E-state index contributed by atoms with van der Waals surface area (Å²) in [4.78, 5) is 0. The molecule has 0 saturated carbocycles. The Hall–Kier alpha value is -1.22. The van der Waals surface area contributed by atoms with Gasteiger partial charge in [0.2, 0.25) is 0 Å². The molecule has 0 aliphatic carbocycles. The minimum atomic E-state index is 0.458. The molecular weight excluding hydrogens is 238 g/mol. The lowest BCUT2D eigenvalue weighted by Crippen LogP contribution is -2.22. The predicted octanol–water partition coefficient (Wildman–Crippen LogP) is 3.76. The third-order valence-electron chi connectivity index (χ3n) is 2.98. The summed E-state index contributed by atoms with van der Waals surface area (Å²) >= 11 is 0. The number of unbranched alkanes of at least 4 members (excludes halogenated alkanes) is 2. The van der Waals surface area contributed by atoms with Crippen LogP contribution in [0, 0.1) is 0 Å². The van der Waals surface area contributed by atoms with Gasteiger partial charge in [-0.05, 0) is 12.5 Å². The summed E-state index contributed by atoms with van der Waals surface area (Å²) in [6, 6.07) is 6.51. The van der Waals surface area contributed by atoms with Crippen molar-refractivity contribution in [2.75, 3.05) is 13.7 Å². The highest BCUT2D eigenvalue weighted by Gasteiger charge is 2.10. The third kappa shape index (κ3) is 5.52. The molecule has 0 amide bonds. The Labute approximate surface area is 117 Å². The van der Waals surface area contributed by atoms with Gasteiger partial charge >= 0.3 is 0 Å². The van der Waals surface area contributed by atoms with E-state index in [2.05, 4.69) is 32.2 Å². The Morgan fingerprint density at radius 3 is 2.63 bits per heavy atom. The Morgan fingerprint density at radius 1 is 1.21 bits per heavy atom. The van der Waals surface area contributed by atoms with Gasteiger partial charge in [0.25, 0.3) is 0 Å². The summed E-state index contributed by atoms with van der Waals surface area (Å²) in [6.45, 7) is 8.03. The first-order valence-electron chi connectivity index (χ1n) is 7.21. The number of hydrogen-bond donors (Lipinski definition) is 1. The van der Waals surface area contributed by atoms with Crippen molar-refractivity contribution in [2.24, 2.45) is 0 Å². The van der Waals surface area contributed by atoms with Gasteiger partial charge in [0.05, 0.1) is 13.7 Å². The largest absolute Gasteiger partial charge is 0.493 e. The van der Waals surface area contributed by atoms with Crippen LogP contribution in [0.4, 0.5) is 0 Å². The van der Waals surface area contributed by atoms with E-state index >= 15 is 0 Å². The molecule has 108 valence electrons. The van der Waals surface area contributed by atoms with Gasteiger partial charge < -0.3 is 14.8 Å². The van der Waals surface area contributed by atoms with Crippen LogP contribution in [0.2, 0.25) is 0 Å². The second-order valence-electron chi connectivity index (χ2n) is 5.04. The quantitative estimate of drug-likeness (QED) is 0.690. The average molecular weight is 265 g/mol. The summed E-state index contributed by atoms with van der Waals surface area (Å²) in [5.41, 5.74) is 1.16. The molecule has 0 bridgehead atoms. The molecule has 3 heteroatoms. The number of benzene rings is 1. The lowest BCUT2D eigenvalue weighted by atomic mass is 10.1. The van der Waals surface area contributed by atoms with Crippen molar-refractivity contribution in [3.8, 4) is 11.5 Å². The van der Waals surface area contributed by atoms with E-state index in [1.165, 1.54) is 12.8 Å².